The average molecular weight is 374 g/mol. The van der Waals surface area contributed by atoms with Crippen LogP contribution in [0.1, 0.15) is 22.3 Å². The van der Waals surface area contributed by atoms with Crippen molar-refractivity contribution in [1.82, 2.24) is 10.6 Å². The normalized spacial score (nSPS) is 23.4. The molecule has 1 heterocycles. The maximum absolute atomic E-state index is 12.9. The molecule has 0 unspecified atom stereocenters. The van der Waals surface area contributed by atoms with E-state index in [4.69, 9.17) is 0 Å². The Morgan fingerprint density at radius 2 is 1.92 bits per heavy atom. The lowest BCUT2D eigenvalue weighted by molar-refractivity contribution is 0.0289. The number of carbonyl (C=O) groups is 1. The fourth-order valence-electron chi connectivity index (χ4n) is 3.30. The molecule has 1 aliphatic rings. The molecule has 2 atom stereocenters. The Morgan fingerprint density at radius 1 is 1.19 bits per heavy atom. The predicted molar refractivity (Wildman–Crippen MR) is 98.6 cm³/mol. The van der Waals surface area contributed by atoms with E-state index >= 15 is 0 Å². The van der Waals surface area contributed by atoms with E-state index in [1.165, 1.54) is 12.1 Å². The van der Waals surface area contributed by atoms with Crippen molar-refractivity contribution in [1.29, 1.82) is 0 Å². The van der Waals surface area contributed by atoms with E-state index in [0.717, 1.165) is 11.8 Å². The zero-order valence-electron chi connectivity index (χ0n) is 14.5. The smallest absolute Gasteiger partial charge is 0.252 e. The molecule has 0 radical (unpaired) electrons. The minimum atomic E-state index is -3.41. The fraction of sp³-hybridized carbons (Fsp3) is 0.316. The van der Waals surface area contributed by atoms with E-state index in [0.29, 0.717) is 19.5 Å². The topological polar surface area (TPSA) is 95.5 Å². The van der Waals surface area contributed by atoms with E-state index in [1.807, 2.05) is 30.3 Å². The third-order valence-electron chi connectivity index (χ3n) is 4.75. The molecule has 0 aliphatic carbocycles. The van der Waals surface area contributed by atoms with Crippen molar-refractivity contribution in [3.63, 3.8) is 0 Å². The Hall–Kier alpha value is -2.22. The standard InChI is InChI=1S/C19H22N2O4S/c1-26(24,25)16-9-5-6-14(12-16)18(23)21-19(10-11-20-13-17(19)22)15-7-3-2-4-8-15/h2-9,12,17,20,22H,10-11,13H2,1H3,(H,21,23)/t17-,19-/m1/s1. The van der Waals surface area contributed by atoms with E-state index in [-0.39, 0.29) is 10.5 Å². The van der Waals surface area contributed by atoms with E-state index < -0.39 is 27.4 Å². The first-order valence-corrected chi connectivity index (χ1v) is 10.3. The second kappa shape index (κ2) is 7.19. The van der Waals surface area contributed by atoms with Crippen LogP contribution in [0.4, 0.5) is 0 Å². The number of aliphatic hydroxyl groups is 1. The highest BCUT2D eigenvalue weighted by Gasteiger charge is 2.42. The summed E-state index contributed by atoms with van der Waals surface area (Å²) in [5.74, 6) is -0.416. The highest BCUT2D eigenvalue weighted by molar-refractivity contribution is 7.90. The molecule has 138 valence electrons. The summed E-state index contributed by atoms with van der Waals surface area (Å²) in [4.78, 5) is 13.0. The lowest BCUT2D eigenvalue weighted by Gasteiger charge is -2.43. The summed E-state index contributed by atoms with van der Waals surface area (Å²) in [6, 6.07) is 15.3. The number of piperidine rings is 1. The third kappa shape index (κ3) is 3.65. The molecule has 1 amide bonds. The molecule has 1 saturated heterocycles. The van der Waals surface area contributed by atoms with Gasteiger partial charge >= 0.3 is 0 Å². The van der Waals surface area contributed by atoms with Crippen LogP contribution in [0.5, 0.6) is 0 Å². The third-order valence-corrected chi connectivity index (χ3v) is 5.86. The largest absolute Gasteiger partial charge is 0.389 e. The van der Waals surface area contributed by atoms with Crippen LogP contribution >= 0.6 is 0 Å². The van der Waals surface area contributed by atoms with Gasteiger partial charge in [0, 0.05) is 18.4 Å². The van der Waals surface area contributed by atoms with E-state index in [9.17, 15) is 18.3 Å². The fourth-order valence-corrected chi connectivity index (χ4v) is 3.96. The summed E-state index contributed by atoms with van der Waals surface area (Å²) in [6.45, 7) is 1.01. The first-order chi connectivity index (χ1) is 12.3. The molecule has 6 nitrogen and oxygen atoms in total. The molecule has 2 aromatic rings. The van der Waals surface area contributed by atoms with Crippen molar-refractivity contribution in [3.05, 3.63) is 65.7 Å². The molecule has 0 spiro atoms. The van der Waals surface area contributed by atoms with Gasteiger partial charge in [-0.3, -0.25) is 4.79 Å². The molecule has 7 heteroatoms. The van der Waals surface area contributed by atoms with Crippen LogP contribution in [0.15, 0.2) is 59.5 Å². The Kier molecular flexibility index (Phi) is 5.13. The molecule has 3 rings (SSSR count). The van der Waals surface area contributed by atoms with Gasteiger partial charge in [-0.15, -0.1) is 0 Å². The quantitative estimate of drug-likeness (QED) is 0.744. The van der Waals surface area contributed by atoms with E-state index in [1.54, 1.807) is 12.1 Å². The Morgan fingerprint density at radius 3 is 2.58 bits per heavy atom. The Bertz CT molecular complexity index is 899. The molecule has 0 bridgehead atoms. The summed E-state index contributed by atoms with van der Waals surface area (Å²) < 4.78 is 23.5. The summed E-state index contributed by atoms with van der Waals surface area (Å²) in [5, 5.41) is 16.8. The Balaban J connectivity index is 1.97. The minimum Gasteiger partial charge on any atom is -0.389 e. The highest BCUT2D eigenvalue weighted by Crippen LogP contribution is 2.31. The van der Waals surface area contributed by atoms with Crippen molar-refractivity contribution < 1.29 is 18.3 Å². The van der Waals surface area contributed by atoms with Gasteiger partial charge in [-0.1, -0.05) is 36.4 Å². The predicted octanol–water partition coefficient (Wildman–Crippen LogP) is 1.07. The van der Waals surface area contributed by atoms with Crippen LogP contribution in [0.3, 0.4) is 0 Å². The van der Waals surface area contributed by atoms with Gasteiger partial charge in [0.2, 0.25) is 0 Å². The molecule has 2 aromatic carbocycles. The van der Waals surface area contributed by atoms with Gasteiger partial charge in [0.25, 0.3) is 5.91 Å². The van der Waals surface area contributed by atoms with Crippen LogP contribution in [0.2, 0.25) is 0 Å². The number of nitrogens with one attached hydrogen (secondary N) is 2. The summed E-state index contributed by atoms with van der Waals surface area (Å²) >= 11 is 0. The van der Waals surface area contributed by atoms with Crippen LogP contribution in [-0.2, 0) is 15.4 Å². The first-order valence-electron chi connectivity index (χ1n) is 8.40. The number of aliphatic hydroxyl groups excluding tert-OH is 1. The summed E-state index contributed by atoms with van der Waals surface area (Å²) in [6.07, 6.45) is 0.822. The van der Waals surface area contributed by atoms with Gasteiger partial charge in [0.15, 0.2) is 9.84 Å². The summed E-state index contributed by atoms with van der Waals surface area (Å²) in [5.41, 5.74) is 0.139. The van der Waals surface area contributed by atoms with Gasteiger partial charge in [-0.25, -0.2) is 8.42 Å². The highest BCUT2D eigenvalue weighted by atomic mass is 32.2. The molecular formula is C19H22N2O4S. The number of sulfone groups is 1. The first kappa shape index (κ1) is 18.6. The molecular weight excluding hydrogens is 352 g/mol. The van der Waals surface area contributed by atoms with Crippen molar-refractivity contribution >= 4 is 15.7 Å². The SMILES string of the molecule is CS(=O)(=O)c1cccc(C(=O)N[C@@]2(c3ccccc3)CCNC[C@H]2O)c1. The number of amides is 1. The van der Waals surface area contributed by atoms with Gasteiger partial charge < -0.3 is 15.7 Å². The zero-order chi connectivity index (χ0) is 18.8. The molecule has 1 fully saturated rings. The Labute approximate surface area is 153 Å². The minimum absolute atomic E-state index is 0.0878. The van der Waals surface area contributed by atoms with Crippen molar-refractivity contribution in [3.8, 4) is 0 Å². The van der Waals surface area contributed by atoms with Crippen LogP contribution < -0.4 is 10.6 Å². The lowest BCUT2D eigenvalue weighted by Crippen LogP contribution is -2.61. The summed E-state index contributed by atoms with van der Waals surface area (Å²) in [7, 11) is -3.41. The number of rotatable bonds is 4. The zero-order valence-corrected chi connectivity index (χ0v) is 15.3. The second-order valence-corrected chi connectivity index (χ2v) is 8.58. The molecule has 0 saturated carbocycles. The van der Waals surface area contributed by atoms with Gasteiger partial charge in [-0.2, -0.15) is 0 Å². The number of hydrogen-bond acceptors (Lipinski definition) is 5. The van der Waals surface area contributed by atoms with Gasteiger partial charge in [-0.05, 0) is 36.7 Å². The van der Waals surface area contributed by atoms with Gasteiger partial charge in [0.1, 0.15) is 0 Å². The maximum atomic E-state index is 12.9. The monoisotopic (exact) mass is 374 g/mol. The molecule has 3 N–H and O–H groups in total. The molecule has 0 aromatic heterocycles. The number of carbonyl (C=O) groups excluding carboxylic acids is 1. The van der Waals surface area contributed by atoms with Crippen LogP contribution in [0.25, 0.3) is 0 Å². The lowest BCUT2D eigenvalue weighted by atomic mass is 9.79. The molecule has 1 aliphatic heterocycles. The molecule has 26 heavy (non-hydrogen) atoms. The van der Waals surface area contributed by atoms with Crippen LogP contribution in [-0.4, -0.2) is 44.9 Å². The van der Waals surface area contributed by atoms with Gasteiger partial charge in [0.05, 0.1) is 16.5 Å². The van der Waals surface area contributed by atoms with Crippen LogP contribution in [0, 0.1) is 0 Å². The van der Waals surface area contributed by atoms with Crippen molar-refractivity contribution in [2.45, 2.75) is 23.0 Å². The number of β-amino-alcohol motifs (C(OH)–C–C–N with tert-alkyl or cyclic N) is 1. The number of hydrogen-bond donors (Lipinski definition) is 3. The maximum Gasteiger partial charge on any atom is 0.252 e. The van der Waals surface area contributed by atoms with E-state index in [2.05, 4.69) is 10.6 Å². The number of benzene rings is 2. The second-order valence-electron chi connectivity index (χ2n) is 6.56. The van der Waals surface area contributed by atoms with Crippen molar-refractivity contribution in [2.75, 3.05) is 19.3 Å². The van der Waals surface area contributed by atoms with Crippen molar-refractivity contribution in [2.24, 2.45) is 0 Å². The average Bonchev–Trinajstić information content (AvgIpc) is 2.64.